The van der Waals surface area contributed by atoms with Crippen molar-refractivity contribution in [1.82, 2.24) is 9.80 Å². The van der Waals surface area contributed by atoms with E-state index in [0.29, 0.717) is 37.1 Å². The zero-order chi connectivity index (χ0) is 25.9. The summed E-state index contributed by atoms with van der Waals surface area (Å²) in [5.74, 6) is -2.78. The number of carbonyl (C=O) groups is 2. The molecule has 0 aliphatic carbocycles. The highest BCUT2D eigenvalue weighted by Crippen LogP contribution is 2.25. The average Bonchev–Trinajstić information content (AvgIpc) is 2.88. The first-order chi connectivity index (χ1) is 17.4. The molecule has 2 aromatic carbocycles. The predicted octanol–water partition coefficient (Wildman–Crippen LogP) is 4.36. The quantitative estimate of drug-likeness (QED) is 0.402. The topological polar surface area (TPSA) is 59.1 Å². The molecule has 1 aliphatic rings. The summed E-state index contributed by atoms with van der Waals surface area (Å²) in [6, 6.07) is 12.6. The fraction of sp³-hybridized carbons (Fsp3) is 0.500. The largest absolute Gasteiger partial charge is 0.464 e. The zero-order valence-corrected chi connectivity index (χ0v) is 21.1. The van der Waals surface area contributed by atoms with Crippen LogP contribution in [0.25, 0.3) is 0 Å². The molecule has 0 radical (unpaired) electrons. The molecule has 2 unspecified atom stereocenters. The number of hydrogen-bond acceptors (Lipinski definition) is 6. The third-order valence-corrected chi connectivity index (χ3v) is 6.72. The van der Waals surface area contributed by atoms with E-state index in [1.54, 1.807) is 36.4 Å². The van der Waals surface area contributed by atoms with E-state index in [0.717, 1.165) is 26.2 Å². The zero-order valence-electron chi connectivity index (χ0n) is 21.1. The molecule has 0 N–H and O–H groups in total. The van der Waals surface area contributed by atoms with Crippen molar-refractivity contribution in [3.8, 4) is 0 Å². The Kier molecular flexibility index (Phi) is 10.8. The van der Waals surface area contributed by atoms with Gasteiger partial charge in [-0.3, -0.25) is 19.4 Å². The van der Waals surface area contributed by atoms with Crippen LogP contribution < -0.4 is 0 Å². The van der Waals surface area contributed by atoms with E-state index in [1.165, 1.54) is 12.1 Å². The molecule has 0 bridgehead atoms. The van der Waals surface area contributed by atoms with E-state index in [4.69, 9.17) is 9.47 Å². The fourth-order valence-corrected chi connectivity index (χ4v) is 4.53. The van der Waals surface area contributed by atoms with E-state index in [2.05, 4.69) is 9.80 Å². The summed E-state index contributed by atoms with van der Waals surface area (Å²) >= 11 is 0. The summed E-state index contributed by atoms with van der Waals surface area (Å²) in [5, 5.41) is 0. The first-order valence-corrected chi connectivity index (χ1v) is 12.7. The fourth-order valence-electron chi connectivity index (χ4n) is 4.53. The SMILES string of the molecule is CCC(C(=O)OCCN1CCN(CCOC(=O)C(CC)c2ccccc2F)CC1)c1ccccc1F. The second-order valence-corrected chi connectivity index (χ2v) is 8.98. The number of esters is 2. The number of hydrogen-bond donors (Lipinski definition) is 0. The van der Waals surface area contributed by atoms with Gasteiger partial charge < -0.3 is 9.47 Å². The number of nitrogens with zero attached hydrogens (tertiary/aromatic N) is 2. The molecule has 3 rings (SSSR count). The maximum absolute atomic E-state index is 14.1. The third kappa shape index (κ3) is 7.58. The number of piperazine rings is 1. The summed E-state index contributed by atoms with van der Waals surface area (Å²) in [6.45, 7) is 8.67. The highest BCUT2D eigenvalue weighted by Gasteiger charge is 2.25. The lowest BCUT2D eigenvalue weighted by molar-refractivity contribution is -0.147. The van der Waals surface area contributed by atoms with Gasteiger partial charge in [-0.25, -0.2) is 8.78 Å². The Labute approximate surface area is 212 Å². The third-order valence-electron chi connectivity index (χ3n) is 6.72. The van der Waals surface area contributed by atoms with Crippen molar-refractivity contribution in [3.63, 3.8) is 0 Å². The molecular weight excluding hydrogens is 466 g/mol. The number of benzene rings is 2. The lowest BCUT2D eigenvalue weighted by Gasteiger charge is -2.34. The maximum atomic E-state index is 14.1. The van der Waals surface area contributed by atoms with E-state index >= 15 is 0 Å². The minimum Gasteiger partial charge on any atom is -0.464 e. The van der Waals surface area contributed by atoms with Crippen LogP contribution in [0.15, 0.2) is 48.5 Å². The van der Waals surface area contributed by atoms with Gasteiger partial charge >= 0.3 is 11.9 Å². The molecule has 0 amide bonds. The van der Waals surface area contributed by atoms with Crippen LogP contribution in [0.5, 0.6) is 0 Å². The van der Waals surface area contributed by atoms with Crippen molar-refractivity contribution < 1.29 is 27.8 Å². The minimum atomic E-state index is -0.601. The van der Waals surface area contributed by atoms with Gasteiger partial charge in [0.25, 0.3) is 0 Å². The molecule has 8 heteroatoms. The molecular formula is C28H36F2N2O4. The van der Waals surface area contributed by atoms with Crippen LogP contribution in [0.4, 0.5) is 8.78 Å². The van der Waals surface area contributed by atoms with Crippen LogP contribution in [0, 0.1) is 11.6 Å². The highest BCUT2D eigenvalue weighted by atomic mass is 19.1. The van der Waals surface area contributed by atoms with Crippen LogP contribution in [0.3, 0.4) is 0 Å². The Morgan fingerprint density at radius 2 is 1.08 bits per heavy atom. The maximum Gasteiger partial charge on any atom is 0.313 e. The van der Waals surface area contributed by atoms with Gasteiger partial charge in [0.1, 0.15) is 24.8 Å². The molecule has 2 atom stereocenters. The molecule has 1 fully saturated rings. The Morgan fingerprint density at radius 3 is 1.42 bits per heavy atom. The van der Waals surface area contributed by atoms with Crippen LogP contribution in [-0.2, 0) is 19.1 Å². The first kappa shape index (κ1) is 27.7. The second kappa shape index (κ2) is 14.0. The van der Waals surface area contributed by atoms with Crippen LogP contribution in [-0.4, -0.2) is 74.2 Å². The molecule has 1 heterocycles. The number of ether oxygens (including phenoxy) is 2. The summed E-state index contributed by atoms with van der Waals surface area (Å²) in [7, 11) is 0. The van der Waals surface area contributed by atoms with Gasteiger partial charge in [-0.2, -0.15) is 0 Å². The van der Waals surface area contributed by atoms with Crippen molar-refractivity contribution in [1.29, 1.82) is 0 Å². The van der Waals surface area contributed by atoms with Gasteiger partial charge in [0.2, 0.25) is 0 Å². The molecule has 36 heavy (non-hydrogen) atoms. The molecule has 0 aromatic heterocycles. The molecule has 0 saturated carbocycles. The molecule has 0 spiro atoms. The highest BCUT2D eigenvalue weighted by molar-refractivity contribution is 5.78. The van der Waals surface area contributed by atoms with Crippen molar-refractivity contribution in [2.45, 2.75) is 38.5 Å². The molecule has 1 aliphatic heterocycles. The lowest BCUT2D eigenvalue weighted by Crippen LogP contribution is -2.48. The van der Waals surface area contributed by atoms with E-state index in [9.17, 15) is 18.4 Å². The molecule has 196 valence electrons. The van der Waals surface area contributed by atoms with E-state index < -0.39 is 23.8 Å². The van der Waals surface area contributed by atoms with Gasteiger partial charge in [-0.1, -0.05) is 50.2 Å². The van der Waals surface area contributed by atoms with Crippen LogP contribution in [0.2, 0.25) is 0 Å². The van der Waals surface area contributed by atoms with Gasteiger partial charge in [-0.05, 0) is 25.0 Å². The summed E-state index contributed by atoms with van der Waals surface area (Å²) in [5.41, 5.74) is 0.747. The Bertz CT molecular complexity index is 916. The summed E-state index contributed by atoms with van der Waals surface area (Å²) in [6.07, 6.45) is 0.949. The van der Waals surface area contributed by atoms with Gasteiger partial charge in [0.15, 0.2) is 0 Å². The lowest BCUT2D eigenvalue weighted by atomic mass is 9.96. The van der Waals surface area contributed by atoms with Crippen LogP contribution >= 0.6 is 0 Å². The van der Waals surface area contributed by atoms with Gasteiger partial charge in [0, 0.05) is 50.4 Å². The Balaban J connectivity index is 1.34. The number of halogens is 2. The van der Waals surface area contributed by atoms with Crippen molar-refractivity contribution in [2.24, 2.45) is 0 Å². The van der Waals surface area contributed by atoms with Crippen molar-refractivity contribution >= 4 is 11.9 Å². The molecule has 1 saturated heterocycles. The predicted molar refractivity (Wildman–Crippen MR) is 134 cm³/mol. The van der Waals surface area contributed by atoms with Gasteiger partial charge in [0.05, 0.1) is 11.8 Å². The Hall–Kier alpha value is -2.84. The minimum absolute atomic E-state index is 0.260. The van der Waals surface area contributed by atoms with E-state index in [1.807, 2.05) is 13.8 Å². The smallest absolute Gasteiger partial charge is 0.313 e. The first-order valence-electron chi connectivity index (χ1n) is 12.7. The van der Waals surface area contributed by atoms with E-state index in [-0.39, 0.29) is 24.8 Å². The molecule has 2 aromatic rings. The summed E-state index contributed by atoms with van der Waals surface area (Å²) < 4.78 is 39.0. The second-order valence-electron chi connectivity index (χ2n) is 8.98. The van der Waals surface area contributed by atoms with Crippen LogP contribution in [0.1, 0.15) is 49.7 Å². The Morgan fingerprint density at radius 1 is 0.722 bits per heavy atom. The normalized spacial score (nSPS) is 16.3. The number of rotatable bonds is 12. The van der Waals surface area contributed by atoms with Gasteiger partial charge in [-0.15, -0.1) is 0 Å². The molecule has 6 nitrogen and oxygen atoms in total. The summed E-state index contributed by atoms with van der Waals surface area (Å²) in [4.78, 5) is 29.4. The van der Waals surface area contributed by atoms with Crippen molar-refractivity contribution in [3.05, 3.63) is 71.3 Å². The standard InChI is InChI=1S/C28H36F2N2O4/c1-3-21(23-9-5-7-11-25(23)29)27(33)35-19-17-31-13-15-32(16-14-31)18-20-36-28(34)22(4-2)24-10-6-8-12-26(24)30/h5-12,21-22H,3-4,13-20H2,1-2H3. The van der Waals surface area contributed by atoms with Crippen molar-refractivity contribution in [2.75, 3.05) is 52.5 Å². The average molecular weight is 503 g/mol. The monoisotopic (exact) mass is 502 g/mol. The number of carbonyl (C=O) groups excluding carboxylic acids is 2.